The second-order valence-electron chi connectivity index (χ2n) is 4.14. The highest BCUT2D eigenvalue weighted by molar-refractivity contribution is 8.13. The van der Waals surface area contributed by atoms with Crippen LogP contribution in [0.2, 0.25) is 0 Å². The number of aliphatic imine (C=N–C) groups is 1. The summed E-state index contributed by atoms with van der Waals surface area (Å²) in [6.07, 6.45) is 0. The molecule has 0 aliphatic heterocycles. The molecular formula is C14H22N2O3S. The SMILES string of the molecule is COC[C@H](C)N=C(N)SCCOc1ccc(OC)cc1. The fourth-order valence-corrected chi connectivity index (χ4v) is 2.14. The normalized spacial score (nSPS) is 13.1. The largest absolute Gasteiger partial charge is 0.497 e. The highest BCUT2D eigenvalue weighted by atomic mass is 32.2. The number of benzene rings is 1. The molecule has 5 nitrogen and oxygen atoms in total. The van der Waals surface area contributed by atoms with Gasteiger partial charge in [-0.1, -0.05) is 11.8 Å². The van der Waals surface area contributed by atoms with Crippen LogP contribution < -0.4 is 15.2 Å². The molecule has 1 rings (SSSR count). The number of rotatable bonds is 8. The molecule has 0 unspecified atom stereocenters. The predicted molar refractivity (Wildman–Crippen MR) is 83.9 cm³/mol. The lowest BCUT2D eigenvalue weighted by atomic mass is 10.3. The van der Waals surface area contributed by atoms with Crippen molar-refractivity contribution in [3.05, 3.63) is 24.3 Å². The fourth-order valence-electron chi connectivity index (χ4n) is 1.51. The van der Waals surface area contributed by atoms with Gasteiger partial charge in [-0.05, 0) is 31.2 Å². The molecule has 0 spiro atoms. The summed E-state index contributed by atoms with van der Waals surface area (Å²) in [7, 11) is 3.29. The van der Waals surface area contributed by atoms with E-state index in [0.717, 1.165) is 17.3 Å². The summed E-state index contributed by atoms with van der Waals surface area (Å²) in [5, 5.41) is 0.563. The molecule has 0 aliphatic carbocycles. The molecule has 0 fully saturated rings. The van der Waals surface area contributed by atoms with Gasteiger partial charge >= 0.3 is 0 Å². The molecule has 0 heterocycles. The van der Waals surface area contributed by atoms with E-state index in [-0.39, 0.29) is 6.04 Å². The van der Waals surface area contributed by atoms with Gasteiger partial charge in [0.15, 0.2) is 5.17 Å². The number of hydrogen-bond donors (Lipinski definition) is 1. The second kappa shape index (κ2) is 9.50. The zero-order valence-electron chi connectivity index (χ0n) is 12.2. The van der Waals surface area contributed by atoms with Gasteiger partial charge < -0.3 is 19.9 Å². The number of hydrogen-bond acceptors (Lipinski definition) is 5. The van der Waals surface area contributed by atoms with Gasteiger partial charge in [0, 0.05) is 12.9 Å². The maximum atomic E-state index is 5.81. The first-order valence-electron chi connectivity index (χ1n) is 6.37. The number of nitrogens with zero attached hydrogens (tertiary/aromatic N) is 1. The maximum absolute atomic E-state index is 5.81. The van der Waals surface area contributed by atoms with Crippen molar-refractivity contribution in [3.63, 3.8) is 0 Å². The Morgan fingerprint density at radius 2 is 1.90 bits per heavy atom. The molecule has 0 radical (unpaired) electrons. The molecule has 20 heavy (non-hydrogen) atoms. The first-order valence-corrected chi connectivity index (χ1v) is 7.36. The average Bonchev–Trinajstić information content (AvgIpc) is 2.44. The zero-order valence-corrected chi connectivity index (χ0v) is 13.0. The van der Waals surface area contributed by atoms with Crippen LogP contribution in [0.25, 0.3) is 0 Å². The van der Waals surface area contributed by atoms with E-state index in [1.807, 2.05) is 31.2 Å². The monoisotopic (exact) mass is 298 g/mol. The van der Waals surface area contributed by atoms with Gasteiger partial charge in [0.1, 0.15) is 11.5 Å². The second-order valence-corrected chi connectivity index (χ2v) is 5.26. The van der Waals surface area contributed by atoms with Gasteiger partial charge in [0.05, 0.1) is 26.4 Å². The molecule has 2 N–H and O–H groups in total. The molecule has 6 heteroatoms. The van der Waals surface area contributed by atoms with Crippen LogP contribution >= 0.6 is 11.8 Å². The first kappa shape index (κ1) is 16.7. The molecular weight excluding hydrogens is 276 g/mol. The van der Waals surface area contributed by atoms with Crippen molar-refractivity contribution in [1.29, 1.82) is 0 Å². The number of methoxy groups -OCH3 is 2. The zero-order chi connectivity index (χ0) is 14.8. The Morgan fingerprint density at radius 3 is 2.50 bits per heavy atom. The van der Waals surface area contributed by atoms with Gasteiger partial charge in [-0.3, -0.25) is 4.99 Å². The molecule has 0 aliphatic rings. The van der Waals surface area contributed by atoms with Crippen molar-refractivity contribution in [2.45, 2.75) is 13.0 Å². The molecule has 0 amide bonds. The third-order valence-corrected chi connectivity index (χ3v) is 3.19. The van der Waals surface area contributed by atoms with Crippen molar-refractivity contribution >= 4 is 16.9 Å². The van der Waals surface area contributed by atoms with E-state index in [9.17, 15) is 0 Å². The number of ether oxygens (including phenoxy) is 3. The number of thioether (sulfide) groups is 1. The van der Waals surface area contributed by atoms with Gasteiger partial charge in [-0.25, -0.2) is 0 Å². The van der Waals surface area contributed by atoms with E-state index >= 15 is 0 Å². The Balaban J connectivity index is 2.23. The minimum atomic E-state index is 0.0787. The fraction of sp³-hybridized carbons (Fsp3) is 0.500. The smallest absolute Gasteiger partial charge is 0.154 e. The summed E-state index contributed by atoms with van der Waals surface area (Å²) in [5.74, 6) is 2.38. The van der Waals surface area contributed by atoms with Crippen LogP contribution in [0, 0.1) is 0 Å². The van der Waals surface area contributed by atoms with E-state index in [1.54, 1.807) is 14.2 Å². The molecule has 1 atom stereocenters. The molecule has 0 aromatic heterocycles. The van der Waals surface area contributed by atoms with Crippen molar-refractivity contribution in [3.8, 4) is 11.5 Å². The van der Waals surface area contributed by atoms with E-state index in [2.05, 4.69) is 4.99 Å². The molecule has 1 aromatic carbocycles. The summed E-state index contributed by atoms with van der Waals surface area (Å²) >= 11 is 1.48. The topological polar surface area (TPSA) is 66.1 Å². The summed E-state index contributed by atoms with van der Waals surface area (Å²) in [5.41, 5.74) is 5.81. The third-order valence-electron chi connectivity index (χ3n) is 2.42. The van der Waals surface area contributed by atoms with Gasteiger partial charge in [-0.15, -0.1) is 0 Å². The lowest BCUT2D eigenvalue weighted by Gasteiger charge is -2.08. The van der Waals surface area contributed by atoms with Crippen molar-refractivity contribution < 1.29 is 14.2 Å². The Labute approximate surface area is 124 Å². The van der Waals surface area contributed by atoms with E-state index < -0.39 is 0 Å². The molecule has 0 bridgehead atoms. The predicted octanol–water partition coefficient (Wildman–Crippen LogP) is 2.16. The van der Waals surface area contributed by atoms with Crippen LogP contribution in [0.5, 0.6) is 11.5 Å². The molecule has 112 valence electrons. The van der Waals surface area contributed by atoms with Crippen molar-refractivity contribution in [1.82, 2.24) is 0 Å². The quantitative estimate of drug-likeness (QED) is 0.452. The molecule has 0 saturated heterocycles. The van der Waals surface area contributed by atoms with E-state index in [1.165, 1.54) is 11.8 Å². The van der Waals surface area contributed by atoms with Crippen LogP contribution in [-0.2, 0) is 4.74 Å². The standard InChI is InChI=1S/C14H22N2O3S/c1-11(10-17-2)16-14(15)20-9-8-19-13-6-4-12(18-3)5-7-13/h4-7,11H,8-10H2,1-3H3,(H2,15,16)/t11-/m0/s1. The van der Waals surface area contributed by atoms with E-state index in [4.69, 9.17) is 19.9 Å². The highest BCUT2D eigenvalue weighted by Gasteiger charge is 2.01. The lowest BCUT2D eigenvalue weighted by molar-refractivity contribution is 0.186. The minimum absolute atomic E-state index is 0.0787. The Bertz CT molecular complexity index is 409. The summed E-state index contributed by atoms with van der Waals surface area (Å²) < 4.78 is 15.7. The highest BCUT2D eigenvalue weighted by Crippen LogP contribution is 2.17. The van der Waals surface area contributed by atoms with E-state index in [0.29, 0.717) is 18.4 Å². The number of amidine groups is 1. The van der Waals surface area contributed by atoms with Crippen LogP contribution in [0.3, 0.4) is 0 Å². The van der Waals surface area contributed by atoms with Crippen molar-refractivity contribution in [2.75, 3.05) is 33.2 Å². The minimum Gasteiger partial charge on any atom is -0.497 e. The van der Waals surface area contributed by atoms with Crippen LogP contribution in [-0.4, -0.2) is 44.4 Å². The Morgan fingerprint density at radius 1 is 1.25 bits per heavy atom. The van der Waals surface area contributed by atoms with Gasteiger partial charge in [-0.2, -0.15) is 0 Å². The number of nitrogens with two attached hydrogens (primary N) is 1. The third kappa shape index (κ3) is 6.68. The average molecular weight is 298 g/mol. The van der Waals surface area contributed by atoms with Crippen LogP contribution in [0.15, 0.2) is 29.3 Å². The lowest BCUT2D eigenvalue weighted by Crippen LogP contribution is -2.16. The summed E-state index contributed by atoms with van der Waals surface area (Å²) in [6.45, 7) is 3.11. The van der Waals surface area contributed by atoms with Gasteiger partial charge in [0.25, 0.3) is 0 Å². The maximum Gasteiger partial charge on any atom is 0.154 e. The molecule has 0 saturated carbocycles. The summed E-state index contributed by atoms with van der Waals surface area (Å²) in [4.78, 5) is 4.29. The summed E-state index contributed by atoms with van der Waals surface area (Å²) in [6, 6.07) is 7.56. The van der Waals surface area contributed by atoms with Crippen LogP contribution in [0.4, 0.5) is 0 Å². The first-order chi connectivity index (χ1) is 9.65. The van der Waals surface area contributed by atoms with Gasteiger partial charge in [0.2, 0.25) is 0 Å². The molecule has 1 aromatic rings. The van der Waals surface area contributed by atoms with Crippen molar-refractivity contribution in [2.24, 2.45) is 10.7 Å². The Kier molecular flexibility index (Phi) is 7.91. The Hall–Kier alpha value is -1.40. The van der Waals surface area contributed by atoms with Crippen LogP contribution in [0.1, 0.15) is 6.92 Å².